The maximum absolute atomic E-state index is 12.9. The number of nitrogens with zero attached hydrogens (tertiary/aromatic N) is 1. The van der Waals surface area contributed by atoms with Crippen LogP contribution in [0.2, 0.25) is 0 Å². The van der Waals surface area contributed by atoms with E-state index in [1.54, 1.807) is 6.92 Å². The number of amides is 1. The lowest BCUT2D eigenvalue weighted by molar-refractivity contribution is -0.150. The van der Waals surface area contributed by atoms with Gasteiger partial charge in [0.1, 0.15) is 17.3 Å². The Balaban J connectivity index is 2.16. The van der Waals surface area contributed by atoms with Gasteiger partial charge in [-0.3, -0.25) is 4.79 Å². The topological polar surface area (TPSA) is 111 Å². The third-order valence-corrected chi connectivity index (χ3v) is 5.76. The molecule has 0 atom stereocenters. The molecule has 0 saturated carbocycles. The molecule has 9 nitrogen and oxygen atoms in total. The molecule has 10 heteroatoms. The van der Waals surface area contributed by atoms with E-state index in [4.69, 9.17) is 9.47 Å². The van der Waals surface area contributed by atoms with E-state index in [1.165, 1.54) is 29.6 Å². The molecule has 150 valence electrons. The summed E-state index contributed by atoms with van der Waals surface area (Å²) in [5.74, 6) is -1.03. The molecule has 27 heavy (non-hydrogen) atoms. The van der Waals surface area contributed by atoms with E-state index in [0.717, 1.165) is 12.8 Å². The number of methoxy groups -OCH3 is 1. The lowest BCUT2D eigenvalue weighted by atomic mass is 10.3. The molecule has 1 saturated heterocycles. The van der Waals surface area contributed by atoms with Crippen LogP contribution in [0, 0.1) is 0 Å². The van der Waals surface area contributed by atoms with E-state index in [9.17, 15) is 18.0 Å². The van der Waals surface area contributed by atoms with Gasteiger partial charge in [0, 0.05) is 25.9 Å². The molecule has 1 N–H and O–H groups in total. The molecule has 0 spiro atoms. The van der Waals surface area contributed by atoms with Crippen LogP contribution in [0.5, 0.6) is 5.75 Å². The van der Waals surface area contributed by atoms with Crippen molar-refractivity contribution in [3.05, 3.63) is 18.2 Å². The summed E-state index contributed by atoms with van der Waals surface area (Å²) < 4.78 is 42.0. The number of rotatable bonds is 9. The van der Waals surface area contributed by atoms with Crippen LogP contribution in [0.15, 0.2) is 23.1 Å². The first-order valence-electron chi connectivity index (χ1n) is 8.60. The lowest BCUT2D eigenvalue weighted by Gasteiger charge is -2.19. The summed E-state index contributed by atoms with van der Waals surface area (Å²) >= 11 is 0. The first kappa shape index (κ1) is 21.1. The van der Waals surface area contributed by atoms with Crippen LogP contribution in [-0.4, -0.2) is 64.6 Å². The Bertz CT molecular complexity index is 773. The zero-order valence-electron chi connectivity index (χ0n) is 15.4. The Morgan fingerprint density at radius 3 is 2.52 bits per heavy atom. The van der Waals surface area contributed by atoms with Crippen LogP contribution in [-0.2, 0) is 29.1 Å². The lowest BCUT2D eigenvalue weighted by Crippen LogP contribution is -2.28. The van der Waals surface area contributed by atoms with Crippen LogP contribution in [0.1, 0.15) is 19.8 Å². The largest absolute Gasteiger partial charge is 0.492 e. The van der Waals surface area contributed by atoms with Crippen molar-refractivity contribution >= 4 is 27.6 Å². The normalized spacial score (nSPS) is 14.7. The summed E-state index contributed by atoms with van der Waals surface area (Å²) in [4.78, 5) is 23.1. The second-order valence-electron chi connectivity index (χ2n) is 5.85. The van der Waals surface area contributed by atoms with Crippen molar-refractivity contribution < 1.29 is 32.2 Å². The van der Waals surface area contributed by atoms with Crippen LogP contribution in [0.25, 0.3) is 0 Å². The molecule has 2 rings (SSSR count). The van der Waals surface area contributed by atoms with Gasteiger partial charge in [0.15, 0.2) is 6.61 Å². The number of nitrogens with one attached hydrogen (secondary N) is 1. The average molecular weight is 400 g/mol. The zero-order valence-corrected chi connectivity index (χ0v) is 16.2. The number of benzene rings is 1. The fourth-order valence-electron chi connectivity index (χ4n) is 2.63. The third-order valence-electron chi connectivity index (χ3n) is 3.84. The first-order chi connectivity index (χ1) is 12.9. The van der Waals surface area contributed by atoms with Crippen molar-refractivity contribution in [2.45, 2.75) is 24.7 Å². The predicted octanol–water partition coefficient (Wildman–Crippen LogP) is 0.998. The first-order valence-corrected chi connectivity index (χ1v) is 10.0. The molecule has 1 aromatic carbocycles. The summed E-state index contributed by atoms with van der Waals surface area (Å²) in [5.41, 5.74) is 0.268. The highest BCUT2D eigenvalue weighted by Gasteiger charge is 2.30. The molecule has 0 aliphatic carbocycles. The Hall–Kier alpha value is -2.17. The highest BCUT2D eigenvalue weighted by atomic mass is 32.2. The minimum atomic E-state index is -3.73. The van der Waals surface area contributed by atoms with Gasteiger partial charge >= 0.3 is 5.97 Å². The summed E-state index contributed by atoms with van der Waals surface area (Å²) in [6, 6.07) is 4.38. The van der Waals surface area contributed by atoms with Gasteiger partial charge in [0.25, 0.3) is 5.91 Å². The second-order valence-corrected chi connectivity index (χ2v) is 7.75. The molecule has 0 aromatic heterocycles. The number of hydrogen-bond donors (Lipinski definition) is 1. The van der Waals surface area contributed by atoms with Crippen molar-refractivity contribution in [1.82, 2.24) is 4.31 Å². The number of anilines is 1. The average Bonchev–Trinajstić information content (AvgIpc) is 3.17. The molecule has 1 aromatic rings. The zero-order chi connectivity index (χ0) is 19.9. The highest BCUT2D eigenvalue weighted by Crippen LogP contribution is 2.31. The quantitative estimate of drug-likeness (QED) is 0.616. The Labute approximate surface area is 158 Å². The fraction of sp³-hybridized carbons (Fsp3) is 0.529. The van der Waals surface area contributed by atoms with Gasteiger partial charge in [-0.15, -0.1) is 0 Å². The van der Waals surface area contributed by atoms with Gasteiger partial charge in [-0.25, -0.2) is 13.2 Å². The molecule has 0 radical (unpaired) electrons. The highest BCUT2D eigenvalue weighted by molar-refractivity contribution is 7.89. The predicted molar refractivity (Wildman–Crippen MR) is 97.1 cm³/mol. The van der Waals surface area contributed by atoms with Crippen LogP contribution < -0.4 is 10.1 Å². The van der Waals surface area contributed by atoms with Crippen molar-refractivity contribution in [1.29, 1.82) is 0 Å². The fourth-order valence-corrected chi connectivity index (χ4v) is 4.31. The van der Waals surface area contributed by atoms with Gasteiger partial charge in [-0.2, -0.15) is 4.31 Å². The molecule has 0 bridgehead atoms. The molecule has 1 aliphatic heterocycles. The van der Waals surface area contributed by atoms with E-state index in [-0.39, 0.29) is 22.9 Å². The summed E-state index contributed by atoms with van der Waals surface area (Å²) in [7, 11) is -2.39. The van der Waals surface area contributed by atoms with Crippen molar-refractivity contribution in [2.24, 2.45) is 0 Å². The van der Waals surface area contributed by atoms with Gasteiger partial charge in [0.05, 0.1) is 6.61 Å². The van der Waals surface area contributed by atoms with Gasteiger partial charge < -0.3 is 19.5 Å². The minimum Gasteiger partial charge on any atom is -0.492 e. The van der Waals surface area contributed by atoms with Gasteiger partial charge in [-0.05, 0) is 38.0 Å². The van der Waals surface area contributed by atoms with E-state index < -0.39 is 28.5 Å². The molecule has 0 unspecified atom stereocenters. The third kappa shape index (κ3) is 5.65. The maximum Gasteiger partial charge on any atom is 0.332 e. The monoisotopic (exact) mass is 400 g/mol. The van der Waals surface area contributed by atoms with E-state index in [1.807, 2.05) is 0 Å². The molecule has 1 fully saturated rings. The van der Waals surface area contributed by atoms with E-state index >= 15 is 0 Å². The number of ether oxygens (including phenoxy) is 3. The molecular weight excluding hydrogens is 376 g/mol. The Kier molecular flexibility index (Phi) is 7.57. The number of sulfonamides is 1. The summed E-state index contributed by atoms with van der Waals surface area (Å²) in [6.07, 6.45) is 1.62. The molecule has 1 aliphatic rings. The van der Waals surface area contributed by atoms with E-state index in [0.29, 0.717) is 19.7 Å². The van der Waals surface area contributed by atoms with Crippen molar-refractivity contribution in [2.75, 3.05) is 45.3 Å². The summed E-state index contributed by atoms with van der Waals surface area (Å²) in [5, 5.41) is 2.52. The van der Waals surface area contributed by atoms with E-state index in [2.05, 4.69) is 10.1 Å². The Morgan fingerprint density at radius 2 is 1.89 bits per heavy atom. The summed E-state index contributed by atoms with van der Waals surface area (Å²) in [6.45, 7) is 2.23. The van der Waals surface area contributed by atoms with Crippen molar-refractivity contribution in [3.8, 4) is 5.75 Å². The standard InChI is InChI=1S/C17H24N2O7S/c1-3-25-14-7-6-13(18-16(20)11-26-17(21)12-24-2)10-15(14)27(22,23)19-8-4-5-9-19/h6-7,10H,3-5,8-9,11-12H2,1-2H3,(H,18,20). The maximum atomic E-state index is 12.9. The van der Waals surface area contributed by atoms with Crippen LogP contribution >= 0.6 is 0 Å². The second kappa shape index (κ2) is 9.67. The van der Waals surface area contributed by atoms with Crippen LogP contribution in [0.3, 0.4) is 0 Å². The SMILES string of the molecule is CCOc1ccc(NC(=O)COC(=O)COC)cc1S(=O)(=O)N1CCCC1. The number of esters is 1. The Morgan fingerprint density at radius 1 is 1.19 bits per heavy atom. The molecular formula is C17H24N2O7S. The minimum absolute atomic E-state index is 0.000396. The van der Waals surface area contributed by atoms with Crippen molar-refractivity contribution in [3.63, 3.8) is 0 Å². The number of hydrogen-bond acceptors (Lipinski definition) is 7. The smallest absolute Gasteiger partial charge is 0.332 e. The number of carbonyl (C=O) groups excluding carboxylic acids is 2. The number of carbonyl (C=O) groups is 2. The molecule has 1 heterocycles. The van der Waals surface area contributed by atoms with Gasteiger partial charge in [0.2, 0.25) is 10.0 Å². The van der Waals surface area contributed by atoms with Gasteiger partial charge in [-0.1, -0.05) is 0 Å². The van der Waals surface area contributed by atoms with Crippen LogP contribution in [0.4, 0.5) is 5.69 Å². The molecule has 1 amide bonds.